The van der Waals surface area contributed by atoms with E-state index < -0.39 is 40.1 Å². The van der Waals surface area contributed by atoms with Gasteiger partial charge in [0.1, 0.15) is 10.8 Å². The standard InChI is InChI=1S/C16H20O3.C7H12O4/c1-5-9-15(10-6-2)13(17)19-14(18)16(15,11-7-3)12-8-4;1-3-7(4-2,5(8)9)6(10)11/h5-12H,1-4H3;3-4H2,1-2H3,(H,8,9)(H,10,11). The molecule has 1 rings (SSSR count). The Morgan fingerprint density at radius 3 is 1.17 bits per heavy atom. The van der Waals surface area contributed by atoms with Gasteiger partial charge in [0.15, 0.2) is 5.41 Å². The first kappa shape index (κ1) is 27.0. The molecule has 0 aromatic heterocycles. The van der Waals surface area contributed by atoms with Crippen molar-refractivity contribution in [1.29, 1.82) is 0 Å². The van der Waals surface area contributed by atoms with Crippen molar-refractivity contribution in [3.63, 3.8) is 0 Å². The molecule has 0 aliphatic carbocycles. The fraction of sp³-hybridized carbons (Fsp3) is 0.478. The van der Waals surface area contributed by atoms with Crippen LogP contribution in [0.4, 0.5) is 0 Å². The maximum atomic E-state index is 12.2. The van der Waals surface area contributed by atoms with Crippen LogP contribution in [0, 0.1) is 16.2 Å². The maximum Gasteiger partial charge on any atom is 0.329 e. The van der Waals surface area contributed by atoms with Crippen LogP contribution in [0.2, 0.25) is 0 Å². The first-order chi connectivity index (χ1) is 14.0. The number of esters is 2. The molecule has 0 aromatic rings. The average Bonchev–Trinajstić information content (AvgIpc) is 2.86. The minimum absolute atomic E-state index is 0.119. The van der Waals surface area contributed by atoms with E-state index in [9.17, 15) is 19.2 Å². The molecule has 0 aromatic carbocycles. The zero-order valence-electron chi connectivity index (χ0n) is 18.5. The molecule has 1 aliphatic rings. The van der Waals surface area contributed by atoms with E-state index >= 15 is 0 Å². The maximum absolute atomic E-state index is 12.2. The van der Waals surface area contributed by atoms with Gasteiger partial charge >= 0.3 is 23.9 Å². The van der Waals surface area contributed by atoms with E-state index in [-0.39, 0.29) is 12.8 Å². The highest BCUT2D eigenvalue weighted by molar-refractivity contribution is 6.06. The first-order valence-corrected chi connectivity index (χ1v) is 9.84. The van der Waals surface area contributed by atoms with E-state index in [2.05, 4.69) is 0 Å². The second kappa shape index (κ2) is 11.3. The van der Waals surface area contributed by atoms with Gasteiger partial charge in [0.05, 0.1) is 0 Å². The lowest BCUT2D eigenvalue weighted by Crippen LogP contribution is -2.39. The Kier molecular flexibility index (Phi) is 10.2. The van der Waals surface area contributed by atoms with Crippen molar-refractivity contribution in [2.24, 2.45) is 16.2 Å². The lowest BCUT2D eigenvalue weighted by Gasteiger charge is -2.31. The highest BCUT2D eigenvalue weighted by atomic mass is 16.6. The molecule has 0 radical (unpaired) electrons. The van der Waals surface area contributed by atoms with Gasteiger partial charge in [-0.1, -0.05) is 62.5 Å². The Morgan fingerprint density at radius 2 is 1.03 bits per heavy atom. The Balaban J connectivity index is 0.000000654. The van der Waals surface area contributed by atoms with Gasteiger partial charge in [-0.05, 0) is 40.5 Å². The average molecular weight is 421 g/mol. The third-order valence-electron chi connectivity index (χ3n) is 5.29. The number of hydrogen-bond acceptors (Lipinski definition) is 5. The van der Waals surface area contributed by atoms with E-state index in [1.165, 1.54) is 0 Å². The lowest BCUT2D eigenvalue weighted by atomic mass is 9.63. The van der Waals surface area contributed by atoms with Crippen LogP contribution < -0.4 is 0 Å². The molecule has 2 N–H and O–H groups in total. The normalized spacial score (nSPS) is 24.6. The summed E-state index contributed by atoms with van der Waals surface area (Å²) in [5.74, 6) is -3.58. The number of carbonyl (C=O) groups is 4. The summed E-state index contributed by atoms with van der Waals surface area (Å²) in [5, 5.41) is 17.2. The highest BCUT2D eigenvalue weighted by Gasteiger charge is 2.63. The number of hydrogen-bond donors (Lipinski definition) is 2. The molecule has 0 unspecified atom stereocenters. The second-order valence-electron chi connectivity index (χ2n) is 6.81. The summed E-state index contributed by atoms with van der Waals surface area (Å²) < 4.78 is 4.92. The summed E-state index contributed by atoms with van der Waals surface area (Å²) in [5.41, 5.74) is -3.79. The number of carboxylic acids is 2. The monoisotopic (exact) mass is 420 g/mol. The highest BCUT2D eigenvalue weighted by Crippen LogP contribution is 2.51. The third-order valence-corrected chi connectivity index (χ3v) is 5.29. The molecule has 1 saturated heterocycles. The molecule has 1 heterocycles. The first-order valence-electron chi connectivity index (χ1n) is 9.84. The predicted octanol–water partition coefficient (Wildman–Crippen LogP) is 4.31. The number of carboxylic acid groups (broad SMARTS) is 2. The quantitative estimate of drug-likeness (QED) is 0.341. The summed E-state index contributed by atoms with van der Waals surface area (Å²) in [7, 11) is 0. The van der Waals surface area contributed by atoms with E-state index in [0.717, 1.165) is 0 Å². The molecule has 30 heavy (non-hydrogen) atoms. The van der Waals surface area contributed by atoms with Crippen LogP contribution >= 0.6 is 0 Å². The molecule has 0 bridgehead atoms. The van der Waals surface area contributed by atoms with Crippen LogP contribution in [-0.2, 0) is 23.9 Å². The second-order valence-corrected chi connectivity index (χ2v) is 6.81. The minimum Gasteiger partial charge on any atom is -0.480 e. The van der Waals surface area contributed by atoms with Crippen LogP contribution in [-0.4, -0.2) is 34.1 Å². The summed E-state index contributed by atoms with van der Waals surface area (Å²) in [6.45, 7) is 10.4. The molecular weight excluding hydrogens is 388 g/mol. The van der Waals surface area contributed by atoms with Gasteiger partial charge < -0.3 is 14.9 Å². The predicted molar refractivity (Wildman–Crippen MR) is 114 cm³/mol. The van der Waals surface area contributed by atoms with Crippen LogP contribution in [0.5, 0.6) is 0 Å². The van der Waals surface area contributed by atoms with Gasteiger partial charge in [-0.2, -0.15) is 0 Å². The fourth-order valence-corrected chi connectivity index (χ4v) is 3.52. The summed E-state index contributed by atoms with van der Waals surface area (Å²) in [6.07, 6.45) is 14.2. The molecule has 0 saturated carbocycles. The van der Waals surface area contributed by atoms with Crippen molar-refractivity contribution in [3.05, 3.63) is 48.6 Å². The molecule has 0 atom stereocenters. The largest absolute Gasteiger partial charge is 0.480 e. The number of cyclic esters (lactones) is 2. The van der Waals surface area contributed by atoms with E-state index in [1.807, 2.05) is 27.7 Å². The Bertz CT molecular complexity index is 680. The van der Waals surface area contributed by atoms with Crippen molar-refractivity contribution >= 4 is 23.9 Å². The topological polar surface area (TPSA) is 118 Å². The SMILES string of the molecule is CC=CC1(C=CC)C(=O)OC(=O)C1(C=CC)C=CC.CCC(CC)(C(=O)O)C(=O)O. The summed E-state index contributed by atoms with van der Waals surface area (Å²) in [6, 6.07) is 0. The Morgan fingerprint density at radius 1 is 0.767 bits per heavy atom. The van der Waals surface area contributed by atoms with E-state index in [4.69, 9.17) is 14.9 Å². The Labute approximate surface area is 177 Å². The molecule has 0 spiro atoms. The number of carbonyl (C=O) groups excluding carboxylic acids is 2. The van der Waals surface area contributed by atoms with Crippen LogP contribution in [0.25, 0.3) is 0 Å². The third kappa shape index (κ3) is 4.61. The van der Waals surface area contributed by atoms with Gasteiger partial charge in [-0.3, -0.25) is 19.2 Å². The summed E-state index contributed by atoms with van der Waals surface area (Å²) in [4.78, 5) is 45.6. The molecule has 1 aliphatic heterocycles. The molecule has 0 amide bonds. The van der Waals surface area contributed by atoms with Crippen molar-refractivity contribution in [2.75, 3.05) is 0 Å². The molecule has 7 nitrogen and oxygen atoms in total. The van der Waals surface area contributed by atoms with Crippen LogP contribution in [0.1, 0.15) is 54.4 Å². The van der Waals surface area contributed by atoms with Crippen molar-refractivity contribution in [1.82, 2.24) is 0 Å². The van der Waals surface area contributed by atoms with Crippen LogP contribution in [0.15, 0.2) is 48.6 Å². The van der Waals surface area contributed by atoms with Crippen molar-refractivity contribution in [3.8, 4) is 0 Å². The van der Waals surface area contributed by atoms with Gasteiger partial charge in [0, 0.05) is 0 Å². The van der Waals surface area contributed by atoms with Gasteiger partial charge in [-0.15, -0.1) is 0 Å². The van der Waals surface area contributed by atoms with Crippen LogP contribution in [0.3, 0.4) is 0 Å². The molecular formula is C23H32O7. The zero-order chi connectivity index (χ0) is 23.6. The smallest absolute Gasteiger partial charge is 0.329 e. The Hall–Kier alpha value is -2.96. The number of allylic oxidation sites excluding steroid dienone is 4. The zero-order valence-corrected chi connectivity index (χ0v) is 18.5. The van der Waals surface area contributed by atoms with E-state index in [0.29, 0.717) is 0 Å². The summed E-state index contributed by atoms with van der Waals surface area (Å²) >= 11 is 0. The number of rotatable bonds is 8. The van der Waals surface area contributed by atoms with Gasteiger partial charge in [-0.25, -0.2) is 0 Å². The lowest BCUT2D eigenvalue weighted by molar-refractivity contribution is -0.165. The number of aliphatic carboxylic acids is 2. The minimum atomic E-state index is -1.58. The van der Waals surface area contributed by atoms with Crippen molar-refractivity contribution < 1.29 is 34.1 Å². The fourth-order valence-electron chi connectivity index (χ4n) is 3.52. The molecule has 1 fully saturated rings. The van der Waals surface area contributed by atoms with E-state index in [1.54, 1.807) is 62.5 Å². The van der Waals surface area contributed by atoms with Gasteiger partial charge in [0.25, 0.3) is 0 Å². The number of ether oxygens (including phenoxy) is 1. The molecule has 7 heteroatoms. The van der Waals surface area contributed by atoms with Gasteiger partial charge in [0.2, 0.25) is 0 Å². The van der Waals surface area contributed by atoms with Crippen molar-refractivity contribution in [2.45, 2.75) is 54.4 Å². The molecule has 166 valence electrons.